The number of aliphatic hydroxyl groups excluding tert-OH is 2. The maximum Gasteiger partial charge on any atom is 0.190 e. The van der Waals surface area contributed by atoms with Crippen molar-refractivity contribution >= 4 is 5.78 Å². The minimum absolute atomic E-state index is 0.0477. The zero-order valence-corrected chi connectivity index (χ0v) is 11.3. The van der Waals surface area contributed by atoms with E-state index in [-0.39, 0.29) is 18.3 Å². The molecule has 0 aromatic carbocycles. The van der Waals surface area contributed by atoms with Crippen LogP contribution < -0.4 is 0 Å². The fourth-order valence-electron chi connectivity index (χ4n) is 3.35. The topological polar surface area (TPSA) is 57.5 Å². The normalized spacial score (nSPS) is 32.7. The number of carbonyl (C=O) groups is 1. The number of ketones is 1. The van der Waals surface area contributed by atoms with Crippen LogP contribution in [0.2, 0.25) is 0 Å². The summed E-state index contributed by atoms with van der Waals surface area (Å²) in [6.45, 7) is 6.08. The number of hydrogen-bond donors (Lipinski definition) is 2. The zero-order valence-electron chi connectivity index (χ0n) is 11.3. The van der Waals surface area contributed by atoms with Gasteiger partial charge in [-0.05, 0) is 48.3 Å². The van der Waals surface area contributed by atoms with Gasteiger partial charge in [0.15, 0.2) is 5.78 Å². The Morgan fingerprint density at radius 3 is 2.67 bits per heavy atom. The zero-order chi connectivity index (χ0) is 13.4. The number of carbonyl (C=O) groups excluding carboxylic acids is 1. The van der Waals surface area contributed by atoms with Crippen molar-refractivity contribution in [2.75, 3.05) is 6.61 Å². The lowest BCUT2D eigenvalue weighted by Crippen LogP contribution is -2.39. The highest BCUT2D eigenvalue weighted by Crippen LogP contribution is 2.44. The van der Waals surface area contributed by atoms with Crippen LogP contribution in [0.25, 0.3) is 0 Å². The molecule has 18 heavy (non-hydrogen) atoms. The van der Waals surface area contributed by atoms with Crippen molar-refractivity contribution in [1.82, 2.24) is 0 Å². The summed E-state index contributed by atoms with van der Waals surface area (Å²) in [5.41, 5.74) is 2.29. The molecular weight excluding hydrogens is 228 g/mol. The van der Waals surface area contributed by atoms with Gasteiger partial charge in [-0.1, -0.05) is 19.9 Å². The fraction of sp³-hybridized carbons (Fsp3) is 0.667. The van der Waals surface area contributed by atoms with Crippen LogP contribution in [-0.2, 0) is 4.79 Å². The van der Waals surface area contributed by atoms with E-state index in [0.29, 0.717) is 17.4 Å². The number of hydrogen-bond acceptors (Lipinski definition) is 3. The molecule has 3 heteroatoms. The third-order valence-corrected chi connectivity index (χ3v) is 4.42. The third kappa shape index (κ3) is 2.06. The SMILES string of the molecule is CC1=C[C@@H]2C(=C(CO)CC[C@H]2C(C)C)[C@H](O)C1=O. The summed E-state index contributed by atoms with van der Waals surface area (Å²) in [5, 5.41) is 19.6. The van der Waals surface area contributed by atoms with Crippen molar-refractivity contribution in [1.29, 1.82) is 0 Å². The van der Waals surface area contributed by atoms with Crippen LogP contribution in [0.5, 0.6) is 0 Å². The van der Waals surface area contributed by atoms with Crippen LogP contribution >= 0.6 is 0 Å². The molecule has 3 atom stereocenters. The van der Waals surface area contributed by atoms with Gasteiger partial charge >= 0.3 is 0 Å². The first-order valence-electron chi connectivity index (χ1n) is 6.70. The van der Waals surface area contributed by atoms with Crippen molar-refractivity contribution in [3.8, 4) is 0 Å². The minimum atomic E-state index is -1.04. The Bertz CT molecular complexity index is 417. The first-order chi connectivity index (χ1) is 8.47. The Kier molecular flexibility index (Phi) is 3.74. The molecule has 0 fully saturated rings. The number of fused-ring (bicyclic) bond motifs is 1. The van der Waals surface area contributed by atoms with E-state index in [1.165, 1.54) is 0 Å². The molecule has 2 rings (SSSR count). The summed E-state index contributed by atoms with van der Waals surface area (Å²) >= 11 is 0. The van der Waals surface area contributed by atoms with Crippen molar-refractivity contribution in [2.24, 2.45) is 17.8 Å². The molecule has 0 radical (unpaired) electrons. The van der Waals surface area contributed by atoms with E-state index in [9.17, 15) is 15.0 Å². The molecule has 100 valence electrons. The quantitative estimate of drug-likeness (QED) is 0.735. The second kappa shape index (κ2) is 4.98. The lowest BCUT2D eigenvalue weighted by atomic mass is 9.65. The second-order valence-corrected chi connectivity index (χ2v) is 5.81. The summed E-state index contributed by atoms with van der Waals surface area (Å²) in [6.07, 6.45) is 2.77. The number of aliphatic hydroxyl groups is 2. The largest absolute Gasteiger partial charge is 0.392 e. The van der Waals surface area contributed by atoms with Gasteiger partial charge in [-0.3, -0.25) is 4.79 Å². The molecule has 3 nitrogen and oxygen atoms in total. The Hall–Kier alpha value is -0.930. The Morgan fingerprint density at radius 1 is 1.44 bits per heavy atom. The molecule has 2 N–H and O–H groups in total. The van der Waals surface area contributed by atoms with Crippen LogP contribution in [-0.4, -0.2) is 28.7 Å². The molecule has 0 aliphatic heterocycles. The number of rotatable bonds is 2. The van der Waals surface area contributed by atoms with Gasteiger partial charge in [0.2, 0.25) is 0 Å². The van der Waals surface area contributed by atoms with E-state index >= 15 is 0 Å². The lowest BCUT2D eigenvalue weighted by Gasteiger charge is -2.40. The average Bonchev–Trinajstić information content (AvgIpc) is 2.34. The van der Waals surface area contributed by atoms with E-state index in [4.69, 9.17) is 0 Å². The average molecular weight is 250 g/mol. The molecule has 2 aliphatic rings. The third-order valence-electron chi connectivity index (χ3n) is 4.42. The van der Waals surface area contributed by atoms with Gasteiger partial charge in [0.05, 0.1) is 6.61 Å². The molecule has 0 spiro atoms. The number of allylic oxidation sites excluding steroid dienone is 1. The highest BCUT2D eigenvalue weighted by molar-refractivity contribution is 6.01. The first kappa shape index (κ1) is 13.5. The maximum atomic E-state index is 11.9. The van der Waals surface area contributed by atoms with Gasteiger partial charge in [0.25, 0.3) is 0 Å². The van der Waals surface area contributed by atoms with Crippen LogP contribution in [0.15, 0.2) is 22.8 Å². The van der Waals surface area contributed by atoms with Gasteiger partial charge in [-0.2, -0.15) is 0 Å². The molecule has 0 heterocycles. The highest BCUT2D eigenvalue weighted by atomic mass is 16.3. The van der Waals surface area contributed by atoms with Gasteiger partial charge in [0.1, 0.15) is 6.10 Å². The smallest absolute Gasteiger partial charge is 0.190 e. The standard InChI is InChI=1S/C15H22O3/c1-8(2)11-5-4-10(7-16)13-12(11)6-9(3)14(17)15(13)18/h6,8,11-12,15-16,18H,4-5,7H2,1-3H3/t11-,12-,15-/m0/s1. The van der Waals surface area contributed by atoms with E-state index in [1.807, 2.05) is 6.08 Å². The van der Waals surface area contributed by atoms with E-state index < -0.39 is 6.10 Å². The van der Waals surface area contributed by atoms with E-state index in [2.05, 4.69) is 13.8 Å². The van der Waals surface area contributed by atoms with Gasteiger partial charge in [0, 0.05) is 5.92 Å². The Balaban J connectivity index is 2.50. The molecule has 0 unspecified atom stereocenters. The van der Waals surface area contributed by atoms with Crippen molar-refractivity contribution < 1.29 is 15.0 Å². The summed E-state index contributed by atoms with van der Waals surface area (Å²) in [4.78, 5) is 11.9. The van der Waals surface area contributed by atoms with Gasteiger partial charge < -0.3 is 10.2 Å². The Morgan fingerprint density at radius 2 is 2.11 bits per heavy atom. The van der Waals surface area contributed by atoms with Crippen molar-refractivity contribution in [3.05, 3.63) is 22.8 Å². The lowest BCUT2D eigenvalue weighted by molar-refractivity contribution is -0.122. The summed E-state index contributed by atoms with van der Waals surface area (Å²) in [7, 11) is 0. The van der Waals surface area contributed by atoms with Crippen LogP contribution in [0.3, 0.4) is 0 Å². The second-order valence-electron chi connectivity index (χ2n) is 5.81. The van der Waals surface area contributed by atoms with Crippen molar-refractivity contribution in [3.63, 3.8) is 0 Å². The summed E-state index contributed by atoms with van der Waals surface area (Å²) < 4.78 is 0. The van der Waals surface area contributed by atoms with E-state index in [0.717, 1.165) is 24.0 Å². The molecule has 0 saturated carbocycles. The number of Topliss-reactive ketones (excluding diaryl/α,β-unsaturated/α-hetero) is 1. The molecule has 0 amide bonds. The molecule has 0 bridgehead atoms. The van der Waals surface area contributed by atoms with Gasteiger partial charge in [-0.25, -0.2) is 0 Å². The van der Waals surface area contributed by atoms with Crippen LogP contribution in [0.1, 0.15) is 33.6 Å². The van der Waals surface area contributed by atoms with Gasteiger partial charge in [-0.15, -0.1) is 0 Å². The van der Waals surface area contributed by atoms with E-state index in [1.54, 1.807) is 6.92 Å². The van der Waals surface area contributed by atoms with Crippen LogP contribution in [0.4, 0.5) is 0 Å². The predicted molar refractivity (Wildman–Crippen MR) is 69.9 cm³/mol. The fourth-order valence-corrected chi connectivity index (χ4v) is 3.35. The molecule has 0 saturated heterocycles. The maximum absolute atomic E-state index is 11.9. The van der Waals surface area contributed by atoms with Crippen LogP contribution in [0, 0.1) is 17.8 Å². The molecule has 2 aliphatic carbocycles. The summed E-state index contributed by atoms with van der Waals surface area (Å²) in [6, 6.07) is 0. The monoisotopic (exact) mass is 250 g/mol. The molecule has 0 aromatic heterocycles. The molecule has 0 aromatic rings. The summed E-state index contributed by atoms with van der Waals surface area (Å²) in [5.74, 6) is 0.868. The molecular formula is C15H22O3. The minimum Gasteiger partial charge on any atom is -0.392 e. The highest BCUT2D eigenvalue weighted by Gasteiger charge is 2.40. The first-order valence-corrected chi connectivity index (χ1v) is 6.70. The van der Waals surface area contributed by atoms with Crippen molar-refractivity contribution in [2.45, 2.75) is 39.7 Å². The predicted octanol–water partition coefficient (Wildman–Crippen LogP) is 1.85. The Labute approximate surface area is 108 Å².